The van der Waals surface area contributed by atoms with Crippen molar-refractivity contribution in [1.29, 1.82) is 0 Å². The number of rotatable bonds is 4. The van der Waals surface area contributed by atoms with Crippen LogP contribution in [0, 0.1) is 0 Å². The Bertz CT molecular complexity index is 522. The third-order valence-electron chi connectivity index (χ3n) is 3.69. The van der Waals surface area contributed by atoms with Crippen molar-refractivity contribution in [3.05, 3.63) is 39.3 Å². The highest BCUT2D eigenvalue weighted by Crippen LogP contribution is 2.35. The standard InChI is InChI=1S/C14H18N2OS/c1-16-11(7-8-15-16)5-6-12(17)14-9-10-3-2-4-13(10)18-14/h7-9,12,17H,2-6H2,1H3. The van der Waals surface area contributed by atoms with Gasteiger partial charge in [0.25, 0.3) is 0 Å². The molecule has 0 saturated carbocycles. The minimum Gasteiger partial charge on any atom is -0.388 e. The first kappa shape index (κ1) is 11.9. The maximum Gasteiger partial charge on any atom is 0.0885 e. The Morgan fingerprint density at radius 3 is 3.11 bits per heavy atom. The van der Waals surface area contributed by atoms with Gasteiger partial charge < -0.3 is 5.11 Å². The van der Waals surface area contributed by atoms with E-state index in [1.807, 2.05) is 17.8 Å². The van der Waals surface area contributed by atoms with E-state index < -0.39 is 0 Å². The molecule has 2 aromatic heterocycles. The molecule has 18 heavy (non-hydrogen) atoms. The zero-order valence-electron chi connectivity index (χ0n) is 10.6. The molecule has 1 aliphatic carbocycles. The molecule has 2 heterocycles. The fraction of sp³-hybridized carbons (Fsp3) is 0.500. The zero-order chi connectivity index (χ0) is 12.5. The number of aryl methyl sites for hydroxylation is 4. The number of aromatic nitrogens is 2. The van der Waals surface area contributed by atoms with Crippen molar-refractivity contribution in [3.63, 3.8) is 0 Å². The number of fused-ring (bicyclic) bond motifs is 1. The van der Waals surface area contributed by atoms with E-state index in [9.17, 15) is 5.11 Å². The SMILES string of the molecule is Cn1nccc1CCC(O)c1cc2c(s1)CCC2. The molecule has 3 rings (SSSR count). The first-order valence-corrected chi connectivity index (χ1v) is 7.32. The predicted octanol–water partition coefficient (Wildman–Crippen LogP) is 2.64. The Morgan fingerprint density at radius 1 is 1.50 bits per heavy atom. The highest BCUT2D eigenvalue weighted by molar-refractivity contribution is 7.12. The van der Waals surface area contributed by atoms with E-state index in [2.05, 4.69) is 11.2 Å². The lowest BCUT2D eigenvalue weighted by Crippen LogP contribution is -2.02. The van der Waals surface area contributed by atoms with Crippen LogP contribution in [0.2, 0.25) is 0 Å². The lowest BCUT2D eigenvalue weighted by Gasteiger charge is -2.08. The van der Waals surface area contributed by atoms with Gasteiger partial charge in [-0.05, 0) is 49.8 Å². The van der Waals surface area contributed by atoms with Gasteiger partial charge in [-0.1, -0.05) is 0 Å². The molecule has 0 amide bonds. The first-order chi connectivity index (χ1) is 8.74. The summed E-state index contributed by atoms with van der Waals surface area (Å²) in [5, 5.41) is 14.4. The normalized spacial score (nSPS) is 15.9. The molecular weight excluding hydrogens is 244 g/mol. The second-order valence-electron chi connectivity index (χ2n) is 4.95. The highest BCUT2D eigenvalue weighted by Gasteiger charge is 2.18. The zero-order valence-corrected chi connectivity index (χ0v) is 11.4. The molecule has 0 fully saturated rings. The first-order valence-electron chi connectivity index (χ1n) is 6.50. The van der Waals surface area contributed by atoms with Crippen LogP contribution in [0.25, 0.3) is 0 Å². The maximum atomic E-state index is 10.2. The van der Waals surface area contributed by atoms with Crippen LogP contribution in [-0.4, -0.2) is 14.9 Å². The van der Waals surface area contributed by atoms with Crippen LogP contribution in [0.3, 0.4) is 0 Å². The summed E-state index contributed by atoms with van der Waals surface area (Å²) in [6.07, 6.45) is 6.82. The van der Waals surface area contributed by atoms with Crippen molar-refractivity contribution in [2.24, 2.45) is 7.05 Å². The third-order valence-corrected chi connectivity index (χ3v) is 5.03. The molecule has 1 unspecified atom stereocenters. The maximum absolute atomic E-state index is 10.2. The fourth-order valence-electron chi connectivity index (χ4n) is 2.59. The van der Waals surface area contributed by atoms with Crippen molar-refractivity contribution in [3.8, 4) is 0 Å². The summed E-state index contributed by atoms with van der Waals surface area (Å²) in [4.78, 5) is 2.63. The summed E-state index contributed by atoms with van der Waals surface area (Å²) in [5.41, 5.74) is 2.65. The van der Waals surface area contributed by atoms with Gasteiger partial charge in [0, 0.05) is 28.7 Å². The Hall–Kier alpha value is -1.13. The third kappa shape index (κ3) is 2.22. The van der Waals surface area contributed by atoms with Crippen LogP contribution in [0.1, 0.15) is 40.0 Å². The summed E-state index contributed by atoms with van der Waals surface area (Å²) in [6, 6.07) is 4.22. The summed E-state index contributed by atoms with van der Waals surface area (Å²) in [6.45, 7) is 0. The lowest BCUT2D eigenvalue weighted by atomic mass is 10.1. The van der Waals surface area contributed by atoms with Gasteiger partial charge in [-0.25, -0.2) is 0 Å². The average Bonchev–Trinajstić information content (AvgIpc) is 3.00. The number of hydrogen-bond acceptors (Lipinski definition) is 3. The lowest BCUT2D eigenvalue weighted by molar-refractivity contribution is 0.171. The second-order valence-corrected chi connectivity index (χ2v) is 6.12. The summed E-state index contributed by atoms with van der Waals surface area (Å²) >= 11 is 1.80. The Labute approximate surface area is 111 Å². The van der Waals surface area contributed by atoms with Crippen LogP contribution in [-0.2, 0) is 26.3 Å². The van der Waals surface area contributed by atoms with E-state index in [1.165, 1.54) is 35.4 Å². The van der Waals surface area contributed by atoms with E-state index in [0.29, 0.717) is 0 Å². The summed E-state index contributed by atoms with van der Waals surface area (Å²) in [5.74, 6) is 0. The van der Waals surface area contributed by atoms with Crippen LogP contribution in [0.4, 0.5) is 0 Å². The van der Waals surface area contributed by atoms with Crippen LogP contribution in [0.15, 0.2) is 18.3 Å². The predicted molar refractivity (Wildman–Crippen MR) is 72.8 cm³/mol. The summed E-state index contributed by atoms with van der Waals surface area (Å²) < 4.78 is 1.88. The Morgan fingerprint density at radius 2 is 2.39 bits per heavy atom. The Kier molecular flexibility index (Phi) is 3.22. The van der Waals surface area contributed by atoms with Crippen molar-refractivity contribution in [2.45, 2.75) is 38.2 Å². The van der Waals surface area contributed by atoms with Crippen molar-refractivity contribution in [1.82, 2.24) is 9.78 Å². The molecule has 0 spiro atoms. The molecule has 0 aliphatic heterocycles. The quantitative estimate of drug-likeness (QED) is 0.920. The van der Waals surface area contributed by atoms with Gasteiger partial charge in [-0.2, -0.15) is 5.10 Å². The van der Waals surface area contributed by atoms with E-state index in [4.69, 9.17) is 0 Å². The van der Waals surface area contributed by atoms with Gasteiger partial charge in [-0.3, -0.25) is 4.68 Å². The Balaban J connectivity index is 1.64. The molecule has 0 bridgehead atoms. The minimum absolute atomic E-state index is 0.324. The van der Waals surface area contributed by atoms with E-state index in [0.717, 1.165) is 17.7 Å². The summed E-state index contributed by atoms with van der Waals surface area (Å²) in [7, 11) is 1.95. The van der Waals surface area contributed by atoms with Gasteiger partial charge >= 0.3 is 0 Å². The average molecular weight is 262 g/mol. The molecule has 1 N–H and O–H groups in total. The van der Waals surface area contributed by atoms with Gasteiger partial charge in [0.05, 0.1) is 6.10 Å². The van der Waals surface area contributed by atoms with E-state index in [1.54, 1.807) is 17.5 Å². The topological polar surface area (TPSA) is 38.0 Å². The van der Waals surface area contributed by atoms with Gasteiger partial charge in [0.1, 0.15) is 0 Å². The monoisotopic (exact) mass is 262 g/mol. The van der Waals surface area contributed by atoms with Crippen molar-refractivity contribution >= 4 is 11.3 Å². The van der Waals surface area contributed by atoms with Gasteiger partial charge in [0.2, 0.25) is 0 Å². The largest absolute Gasteiger partial charge is 0.388 e. The number of aliphatic hydroxyl groups is 1. The van der Waals surface area contributed by atoms with Gasteiger partial charge in [-0.15, -0.1) is 11.3 Å². The molecule has 4 heteroatoms. The van der Waals surface area contributed by atoms with Crippen molar-refractivity contribution in [2.75, 3.05) is 0 Å². The van der Waals surface area contributed by atoms with E-state index >= 15 is 0 Å². The van der Waals surface area contributed by atoms with Crippen LogP contribution >= 0.6 is 11.3 Å². The molecule has 0 radical (unpaired) electrons. The van der Waals surface area contributed by atoms with Gasteiger partial charge in [0.15, 0.2) is 0 Å². The number of nitrogens with zero attached hydrogens (tertiary/aromatic N) is 2. The van der Waals surface area contributed by atoms with Crippen LogP contribution in [0.5, 0.6) is 0 Å². The number of thiophene rings is 1. The fourth-order valence-corrected chi connectivity index (χ4v) is 3.87. The molecule has 1 aliphatic rings. The van der Waals surface area contributed by atoms with Crippen molar-refractivity contribution < 1.29 is 5.11 Å². The smallest absolute Gasteiger partial charge is 0.0885 e. The molecule has 3 nitrogen and oxygen atoms in total. The molecule has 96 valence electrons. The number of hydrogen-bond donors (Lipinski definition) is 1. The van der Waals surface area contributed by atoms with E-state index in [-0.39, 0.29) is 6.10 Å². The highest BCUT2D eigenvalue weighted by atomic mass is 32.1. The minimum atomic E-state index is -0.324. The van der Waals surface area contributed by atoms with Crippen LogP contribution < -0.4 is 0 Å². The molecule has 1 atom stereocenters. The molecule has 2 aromatic rings. The molecule has 0 aromatic carbocycles. The second kappa shape index (κ2) is 4.86. The molecular formula is C14H18N2OS. The molecule has 0 saturated heterocycles. The number of aliphatic hydroxyl groups excluding tert-OH is 1.